The van der Waals surface area contributed by atoms with Gasteiger partial charge in [-0.1, -0.05) is 42.3 Å². The molecule has 6 nitrogen and oxygen atoms in total. The van der Waals surface area contributed by atoms with Gasteiger partial charge in [-0.3, -0.25) is 4.79 Å². The minimum Gasteiger partial charge on any atom is -0.337 e. The van der Waals surface area contributed by atoms with Gasteiger partial charge in [0.05, 0.1) is 16.6 Å². The van der Waals surface area contributed by atoms with Crippen LogP contribution in [0.2, 0.25) is 0 Å². The molecule has 0 unspecified atom stereocenters. The third-order valence-electron chi connectivity index (χ3n) is 5.58. The van der Waals surface area contributed by atoms with Gasteiger partial charge in [-0.05, 0) is 37.1 Å². The fourth-order valence-corrected chi connectivity index (χ4v) is 4.13. The Balaban J connectivity index is 1.66. The predicted molar refractivity (Wildman–Crippen MR) is 103 cm³/mol. The van der Waals surface area contributed by atoms with Crippen LogP contribution < -0.4 is 11.2 Å². The van der Waals surface area contributed by atoms with Crippen molar-refractivity contribution < 1.29 is 4.52 Å². The quantitative estimate of drug-likeness (QED) is 0.566. The van der Waals surface area contributed by atoms with E-state index in [1.165, 1.54) is 0 Å². The topological polar surface area (TPSA) is 86.9 Å². The van der Waals surface area contributed by atoms with Crippen LogP contribution in [0.5, 0.6) is 0 Å². The Hall–Kier alpha value is -2.99. The molecule has 0 amide bonds. The van der Waals surface area contributed by atoms with Crippen molar-refractivity contribution in [2.45, 2.75) is 37.8 Å². The lowest BCUT2D eigenvalue weighted by Gasteiger charge is -2.17. The first kappa shape index (κ1) is 16.2. The van der Waals surface area contributed by atoms with Crippen LogP contribution in [0.25, 0.3) is 21.8 Å². The van der Waals surface area contributed by atoms with Crippen LogP contribution in [0.1, 0.15) is 37.4 Å². The maximum atomic E-state index is 12.8. The zero-order valence-electron chi connectivity index (χ0n) is 14.9. The molecule has 6 heteroatoms. The number of nitrogens with two attached hydrogens (primary N) is 1. The number of hydrogen-bond acceptors (Lipinski definition) is 5. The minimum absolute atomic E-state index is 0.0375. The number of aromatic nitrogens is 3. The van der Waals surface area contributed by atoms with Crippen LogP contribution in [0.15, 0.2) is 57.8 Å². The van der Waals surface area contributed by atoms with Crippen molar-refractivity contribution in [1.82, 2.24) is 14.7 Å². The number of nitrogens with zero attached hydrogens (tertiary/aromatic N) is 3. The maximum Gasteiger partial charge on any atom is 0.246 e. The van der Waals surface area contributed by atoms with Gasteiger partial charge in [-0.25, -0.2) is 0 Å². The van der Waals surface area contributed by atoms with Crippen molar-refractivity contribution in [3.05, 3.63) is 70.5 Å². The Morgan fingerprint density at radius 1 is 1.00 bits per heavy atom. The number of para-hydroxylation sites is 2. The summed E-state index contributed by atoms with van der Waals surface area (Å²) >= 11 is 0. The number of fused-ring (bicyclic) bond motifs is 2. The highest BCUT2D eigenvalue weighted by Gasteiger charge is 2.36. The van der Waals surface area contributed by atoms with Gasteiger partial charge in [0.25, 0.3) is 0 Å². The standard InChI is InChI=1S/C21H20N4O2/c22-21(11-5-6-12-21)20-23-18(27-24-20)13-25-16-9-3-1-7-14(16)19(26)15-8-2-4-10-17(15)25/h1-4,7-10H,5-6,11-13,22H2. The Morgan fingerprint density at radius 2 is 1.59 bits per heavy atom. The molecule has 1 aliphatic rings. The zero-order chi connectivity index (χ0) is 18.4. The summed E-state index contributed by atoms with van der Waals surface area (Å²) in [6, 6.07) is 15.2. The highest BCUT2D eigenvalue weighted by Crippen LogP contribution is 2.34. The second-order valence-electron chi connectivity index (χ2n) is 7.32. The van der Waals surface area contributed by atoms with Gasteiger partial charge in [0, 0.05) is 10.8 Å². The molecule has 136 valence electrons. The lowest BCUT2D eigenvalue weighted by atomic mass is 9.99. The Bertz CT molecular complexity index is 1140. The SMILES string of the molecule is NC1(c2noc(Cn3c4ccccc4c(=O)c4ccccc43)n2)CCCC1. The third-order valence-corrected chi connectivity index (χ3v) is 5.58. The lowest BCUT2D eigenvalue weighted by Crippen LogP contribution is -2.34. The molecule has 0 radical (unpaired) electrons. The van der Waals surface area contributed by atoms with Gasteiger partial charge >= 0.3 is 0 Å². The Morgan fingerprint density at radius 3 is 2.22 bits per heavy atom. The van der Waals surface area contributed by atoms with E-state index in [9.17, 15) is 4.79 Å². The Labute approximate surface area is 155 Å². The van der Waals surface area contributed by atoms with Crippen molar-refractivity contribution in [1.29, 1.82) is 0 Å². The molecule has 0 bridgehead atoms. The van der Waals surface area contributed by atoms with E-state index in [2.05, 4.69) is 14.7 Å². The molecule has 2 aromatic heterocycles. The van der Waals surface area contributed by atoms with Gasteiger partial charge in [0.1, 0.15) is 6.54 Å². The molecular formula is C21H20N4O2. The van der Waals surface area contributed by atoms with Crippen molar-refractivity contribution >= 4 is 21.8 Å². The van der Waals surface area contributed by atoms with E-state index >= 15 is 0 Å². The van der Waals surface area contributed by atoms with E-state index in [0.717, 1.165) is 36.7 Å². The van der Waals surface area contributed by atoms with Crippen LogP contribution in [0.3, 0.4) is 0 Å². The maximum absolute atomic E-state index is 12.8. The van der Waals surface area contributed by atoms with Crippen LogP contribution in [-0.2, 0) is 12.1 Å². The average molecular weight is 360 g/mol. The molecule has 1 saturated carbocycles. The summed E-state index contributed by atoms with van der Waals surface area (Å²) in [7, 11) is 0. The number of hydrogen-bond donors (Lipinski definition) is 1. The number of pyridine rings is 1. The van der Waals surface area contributed by atoms with Crippen molar-refractivity contribution in [3.8, 4) is 0 Å². The van der Waals surface area contributed by atoms with E-state index in [4.69, 9.17) is 10.3 Å². The van der Waals surface area contributed by atoms with E-state index in [1.54, 1.807) is 0 Å². The molecular weight excluding hydrogens is 340 g/mol. The molecule has 5 rings (SSSR count). The summed E-state index contributed by atoms with van der Waals surface area (Å²) in [4.78, 5) is 17.4. The molecule has 2 heterocycles. The van der Waals surface area contributed by atoms with Gasteiger partial charge in [0.2, 0.25) is 5.89 Å². The smallest absolute Gasteiger partial charge is 0.246 e. The largest absolute Gasteiger partial charge is 0.337 e. The molecule has 1 fully saturated rings. The van der Waals surface area contributed by atoms with Crippen molar-refractivity contribution in [2.75, 3.05) is 0 Å². The predicted octanol–water partition coefficient (Wildman–Crippen LogP) is 3.31. The van der Waals surface area contributed by atoms with Gasteiger partial charge in [0.15, 0.2) is 11.3 Å². The van der Waals surface area contributed by atoms with Gasteiger partial charge in [-0.15, -0.1) is 0 Å². The van der Waals surface area contributed by atoms with E-state index < -0.39 is 5.54 Å². The van der Waals surface area contributed by atoms with Crippen LogP contribution in [-0.4, -0.2) is 14.7 Å². The number of rotatable bonds is 3. The van der Waals surface area contributed by atoms with Gasteiger partial charge in [-0.2, -0.15) is 4.98 Å². The van der Waals surface area contributed by atoms with Crippen LogP contribution in [0.4, 0.5) is 0 Å². The molecule has 2 aromatic carbocycles. The summed E-state index contributed by atoms with van der Waals surface area (Å²) in [5.74, 6) is 1.09. The summed E-state index contributed by atoms with van der Waals surface area (Å²) < 4.78 is 7.59. The molecule has 2 N–H and O–H groups in total. The first-order valence-electron chi connectivity index (χ1n) is 9.28. The highest BCUT2D eigenvalue weighted by molar-refractivity contribution is 5.93. The fourth-order valence-electron chi connectivity index (χ4n) is 4.13. The molecule has 0 atom stereocenters. The van der Waals surface area contributed by atoms with E-state index in [1.807, 2.05) is 48.5 Å². The second kappa shape index (κ2) is 6.03. The third kappa shape index (κ3) is 2.56. The van der Waals surface area contributed by atoms with Crippen molar-refractivity contribution in [2.24, 2.45) is 5.73 Å². The summed E-state index contributed by atoms with van der Waals surface area (Å²) in [6.45, 7) is 0.393. The van der Waals surface area contributed by atoms with Crippen molar-refractivity contribution in [3.63, 3.8) is 0 Å². The molecule has 0 spiro atoms. The molecule has 0 aliphatic heterocycles. The van der Waals surface area contributed by atoms with E-state index in [-0.39, 0.29) is 5.43 Å². The van der Waals surface area contributed by atoms with Crippen LogP contribution in [0, 0.1) is 0 Å². The zero-order valence-corrected chi connectivity index (χ0v) is 14.9. The summed E-state index contributed by atoms with van der Waals surface area (Å²) in [5, 5.41) is 5.52. The van der Waals surface area contributed by atoms with Crippen LogP contribution >= 0.6 is 0 Å². The van der Waals surface area contributed by atoms with E-state index in [0.29, 0.717) is 29.0 Å². The second-order valence-corrected chi connectivity index (χ2v) is 7.32. The average Bonchev–Trinajstić information content (AvgIpc) is 3.35. The Kier molecular flexibility index (Phi) is 3.62. The molecule has 4 aromatic rings. The first-order valence-corrected chi connectivity index (χ1v) is 9.28. The molecule has 27 heavy (non-hydrogen) atoms. The first-order chi connectivity index (χ1) is 13.2. The highest BCUT2D eigenvalue weighted by atomic mass is 16.5. The normalized spacial score (nSPS) is 16.3. The lowest BCUT2D eigenvalue weighted by molar-refractivity contribution is 0.346. The van der Waals surface area contributed by atoms with Gasteiger partial charge < -0.3 is 14.8 Å². The number of benzene rings is 2. The fraction of sp³-hybridized carbons (Fsp3) is 0.286. The molecule has 1 aliphatic carbocycles. The monoisotopic (exact) mass is 360 g/mol. The summed E-state index contributed by atoms with van der Waals surface area (Å²) in [6.07, 6.45) is 3.95. The minimum atomic E-state index is -0.477. The molecule has 0 saturated heterocycles. The summed E-state index contributed by atoms with van der Waals surface area (Å²) in [5.41, 5.74) is 7.72.